The van der Waals surface area contributed by atoms with E-state index in [2.05, 4.69) is 0 Å². The standard InChI is InChI=1S/C20H24N2O6S/c1-14-4-5-18(15(2)12-14)29(25,26)22-9-7-21(8-10-22)19(23)13-28-20(24)17-6-11-27-16(17)3/h4-6,11-12H,7-10,13H2,1-3H3. The molecule has 29 heavy (non-hydrogen) atoms. The fourth-order valence-corrected chi connectivity index (χ4v) is 4.93. The highest BCUT2D eigenvalue weighted by Crippen LogP contribution is 2.22. The molecule has 9 heteroatoms. The molecule has 8 nitrogen and oxygen atoms in total. The van der Waals surface area contributed by atoms with Gasteiger partial charge in [0, 0.05) is 26.2 Å². The van der Waals surface area contributed by atoms with Crippen LogP contribution in [0.3, 0.4) is 0 Å². The second-order valence-electron chi connectivity index (χ2n) is 7.02. The highest BCUT2D eigenvalue weighted by molar-refractivity contribution is 7.89. The molecule has 1 aromatic carbocycles. The zero-order valence-electron chi connectivity index (χ0n) is 16.7. The van der Waals surface area contributed by atoms with Crippen LogP contribution >= 0.6 is 0 Å². The van der Waals surface area contributed by atoms with Crippen LogP contribution in [-0.4, -0.2) is 62.3 Å². The predicted octanol–water partition coefficient (Wildman–Crippen LogP) is 1.89. The van der Waals surface area contributed by atoms with Gasteiger partial charge in [0.1, 0.15) is 11.3 Å². The summed E-state index contributed by atoms with van der Waals surface area (Å²) in [5, 5.41) is 0. The van der Waals surface area contributed by atoms with Gasteiger partial charge in [0.2, 0.25) is 10.0 Å². The minimum absolute atomic E-state index is 0.191. The molecule has 0 unspecified atom stereocenters. The minimum Gasteiger partial charge on any atom is -0.469 e. The van der Waals surface area contributed by atoms with Crippen molar-refractivity contribution in [2.24, 2.45) is 0 Å². The van der Waals surface area contributed by atoms with Crippen LogP contribution in [0.2, 0.25) is 0 Å². The van der Waals surface area contributed by atoms with Gasteiger partial charge in [0.25, 0.3) is 5.91 Å². The molecule has 0 radical (unpaired) electrons. The van der Waals surface area contributed by atoms with E-state index < -0.39 is 22.6 Å². The van der Waals surface area contributed by atoms with Gasteiger partial charge >= 0.3 is 5.97 Å². The van der Waals surface area contributed by atoms with Gasteiger partial charge in [-0.3, -0.25) is 4.79 Å². The molecule has 1 aromatic heterocycles. The summed E-state index contributed by atoms with van der Waals surface area (Å²) in [5.74, 6) is -0.559. The van der Waals surface area contributed by atoms with Crippen molar-refractivity contribution in [3.63, 3.8) is 0 Å². The maximum Gasteiger partial charge on any atom is 0.342 e. The van der Waals surface area contributed by atoms with E-state index in [-0.39, 0.29) is 42.5 Å². The monoisotopic (exact) mass is 420 g/mol. The molecular weight excluding hydrogens is 396 g/mol. The van der Waals surface area contributed by atoms with Gasteiger partial charge in [-0.25, -0.2) is 13.2 Å². The minimum atomic E-state index is -3.62. The molecule has 1 fully saturated rings. The lowest BCUT2D eigenvalue weighted by Gasteiger charge is -2.34. The highest BCUT2D eigenvalue weighted by Gasteiger charge is 2.31. The molecule has 0 atom stereocenters. The molecule has 1 saturated heterocycles. The van der Waals surface area contributed by atoms with Crippen LogP contribution in [0.5, 0.6) is 0 Å². The van der Waals surface area contributed by atoms with Crippen molar-refractivity contribution < 1.29 is 27.2 Å². The third-order valence-electron chi connectivity index (χ3n) is 4.95. The number of ether oxygens (including phenoxy) is 1. The fraction of sp³-hybridized carbons (Fsp3) is 0.400. The van der Waals surface area contributed by atoms with Crippen LogP contribution in [0.4, 0.5) is 0 Å². The van der Waals surface area contributed by atoms with E-state index in [1.807, 2.05) is 13.0 Å². The number of aryl methyl sites for hydroxylation is 3. The first-order chi connectivity index (χ1) is 13.7. The number of rotatable bonds is 5. The van der Waals surface area contributed by atoms with Crippen molar-refractivity contribution in [1.82, 2.24) is 9.21 Å². The zero-order chi connectivity index (χ0) is 21.2. The highest BCUT2D eigenvalue weighted by atomic mass is 32.2. The van der Waals surface area contributed by atoms with Crippen molar-refractivity contribution in [1.29, 1.82) is 0 Å². The topological polar surface area (TPSA) is 97.1 Å². The summed E-state index contributed by atoms with van der Waals surface area (Å²) in [4.78, 5) is 26.1. The van der Waals surface area contributed by atoms with Crippen LogP contribution in [0, 0.1) is 20.8 Å². The summed E-state index contributed by atoms with van der Waals surface area (Å²) in [6.07, 6.45) is 1.38. The zero-order valence-corrected chi connectivity index (χ0v) is 17.5. The van der Waals surface area contributed by atoms with E-state index >= 15 is 0 Å². The van der Waals surface area contributed by atoms with Gasteiger partial charge in [-0.15, -0.1) is 0 Å². The number of sulfonamides is 1. The molecule has 0 spiro atoms. The Kier molecular flexibility index (Phi) is 6.09. The molecule has 3 rings (SSSR count). The molecule has 0 saturated carbocycles. The number of esters is 1. The molecule has 1 aliphatic rings. The van der Waals surface area contributed by atoms with Gasteiger partial charge in [0.15, 0.2) is 6.61 Å². The lowest BCUT2D eigenvalue weighted by Crippen LogP contribution is -2.51. The number of furan rings is 1. The summed E-state index contributed by atoms with van der Waals surface area (Å²) < 4.78 is 37.3. The first-order valence-electron chi connectivity index (χ1n) is 9.26. The van der Waals surface area contributed by atoms with Gasteiger partial charge in [-0.2, -0.15) is 4.31 Å². The van der Waals surface area contributed by atoms with Crippen LogP contribution in [0.15, 0.2) is 39.8 Å². The Morgan fingerprint density at radius 1 is 1.07 bits per heavy atom. The number of nitrogens with zero attached hydrogens (tertiary/aromatic N) is 2. The third kappa shape index (κ3) is 4.51. The molecule has 2 aromatic rings. The Hall–Kier alpha value is -2.65. The van der Waals surface area contributed by atoms with Crippen LogP contribution in [0.25, 0.3) is 0 Å². The Labute approximate surface area is 170 Å². The van der Waals surface area contributed by atoms with Gasteiger partial charge in [-0.1, -0.05) is 17.7 Å². The van der Waals surface area contributed by atoms with Crippen LogP contribution < -0.4 is 0 Å². The maximum absolute atomic E-state index is 12.9. The molecule has 1 amide bonds. The summed E-state index contributed by atoms with van der Waals surface area (Å²) >= 11 is 0. The smallest absolute Gasteiger partial charge is 0.342 e. The van der Waals surface area contributed by atoms with E-state index in [1.165, 1.54) is 21.5 Å². The molecule has 0 N–H and O–H groups in total. The number of hydrogen-bond donors (Lipinski definition) is 0. The number of carbonyl (C=O) groups excluding carboxylic acids is 2. The first-order valence-corrected chi connectivity index (χ1v) is 10.7. The largest absolute Gasteiger partial charge is 0.469 e. The van der Waals surface area contributed by atoms with Crippen molar-refractivity contribution >= 4 is 21.9 Å². The average Bonchev–Trinajstić information content (AvgIpc) is 3.11. The first kappa shape index (κ1) is 21.1. The summed E-state index contributed by atoms with van der Waals surface area (Å²) in [5.41, 5.74) is 1.98. The fourth-order valence-electron chi connectivity index (χ4n) is 3.30. The maximum atomic E-state index is 12.9. The van der Waals surface area contributed by atoms with Crippen molar-refractivity contribution in [3.8, 4) is 0 Å². The number of benzene rings is 1. The average molecular weight is 420 g/mol. The second-order valence-corrected chi connectivity index (χ2v) is 8.93. The van der Waals surface area contributed by atoms with Crippen molar-refractivity contribution in [2.45, 2.75) is 25.7 Å². The Balaban J connectivity index is 1.56. The van der Waals surface area contributed by atoms with E-state index in [4.69, 9.17) is 9.15 Å². The Morgan fingerprint density at radius 3 is 2.34 bits per heavy atom. The van der Waals surface area contributed by atoms with E-state index in [1.54, 1.807) is 26.0 Å². The summed E-state index contributed by atoms with van der Waals surface area (Å²) in [7, 11) is -3.62. The normalized spacial score (nSPS) is 15.3. The molecule has 1 aliphatic heterocycles. The number of amides is 1. The number of carbonyl (C=O) groups is 2. The summed E-state index contributed by atoms with van der Waals surface area (Å²) in [6, 6.07) is 6.71. The Bertz CT molecular complexity index is 1020. The third-order valence-corrected chi connectivity index (χ3v) is 7.00. The molecule has 2 heterocycles. The molecule has 156 valence electrons. The van der Waals surface area contributed by atoms with Gasteiger partial charge < -0.3 is 14.1 Å². The Morgan fingerprint density at radius 2 is 1.76 bits per heavy atom. The number of hydrogen-bond acceptors (Lipinski definition) is 6. The van der Waals surface area contributed by atoms with Crippen molar-refractivity contribution in [2.75, 3.05) is 32.8 Å². The van der Waals surface area contributed by atoms with Crippen molar-refractivity contribution in [3.05, 3.63) is 53.0 Å². The van der Waals surface area contributed by atoms with E-state index in [9.17, 15) is 18.0 Å². The van der Waals surface area contributed by atoms with Crippen LogP contribution in [-0.2, 0) is 19.6 Å². The lowest BCUT2D eigenvalue weighted by molar-refractivity contribution is -0.135. The van der Waals surface area contributed by atoms with Crippen LogP contribution in [0.1, 0.15) is 27.2 Å². The molecule has 0 bridgehead atoms. The van der Waals surface area contributed by atoms with E-state index in [0.29, 0.717) is 11.3 Å². The quantitative estimate of drug-likeness (QED) is 0.686. The summed E-state index contributed by atoms with van der Waals surface area (Å²) in [6.45, 7) is 5.79. The van der Waals surface area contributed by atoms with E-state index in [0.717, 1.165) is 5.56 Å². The molecule has 0 aliphatic carbocycles. The predicted molar refractivity (Wildman–Crippen MR) is 105 cm³/mol. The lowest BCUT2D eigenvalue weighted by atomic mass is 10.2. The number of piperazine rings is 1. The van der Waals surface area contributed by atoms with Gasteiger partial charge in [0.05, 0.1) is 11.2 Å². The second kappa shape index (κ2) is 8.38. The van der Waals surface area contributed by atoms with Gasteiger partial charge in [-0.05, 0) is 38.5 Å². The SMILES string of the molecule is Cc1ccc(S(=O)(=O)N2CCN(C(=O)COC(=O)c3ccoc3C)CC2)c(C)c1. The molecular formula is C20H24N2O6S.